The summed E-state index contributed by atoms with van der Waals surface area (Å²) in [7, 11) is -3.48. The minimum absolute atomic E-state index is 0.0469. The fourth-order valence-corrected chi connectivity index (χ4v) is 5.38. The minimum atomic E-state index is -3.48. The third-order valence-corrected chi connectivity index (χ3v) is 6.67. The number of hydrogen-bond donors (Lipinski definition) is 1. The van der Waals surface area contributed by atoms with Crippen molar-refractivity contribution in [1.29, 1.82) is 0 Å². The number of morpholine rings is 1. The van der Waals surface area contributed by atoms with Gasteiger partial charge in [0.15, 0.2) is 0 Å². The van der Waals surface area contributed by atoms with Crippen LogP contribution >= 0.6 is 15.9 Å². The van der Waals surface area contributed by atoms with E-state index in [-0.39, 0.29) is 12.2 Å². The van der Waals surface area contributed by atoms with Crippen molar-refractivity contribution in [1.82, 2.24) is 4.31 Å². The molecule has 2 aliphatic heterocycles. The number of halogens is 1. The first kappa shape index (κ1) is 14.5. The molecule has 1 aromatic rings. The summed E-state index contributed by atoms with van der Waals surface area (Å²) in [6.07, 6.45) is 1.99. The molecule has 0 aliphatic carbocycles. The molecule has 0 radical (unpaired) electrons. The number of fused-ring (bicyclic) bond motifs is 2. The quantitative estimate of drug-likeness (QED) is 0.885. The Bertz CT molecular complexity index is 608. The highest BCUT2D eigenvalue weighted by atomic mass is 79.9. The maximum atomic E-state index is 12.7. The second-order valence-corrected chi connectivity index (χ2v) is 8.01. The van der Waals surface area contributed by atoms with E-state index in [2.05, 4.69) is 15.9 Å². The van der Waals surface area contributed by atoms with E-state index in [0.717, 1.165) is 18.4 Å². The van der Waals surface area contributed by atoms with Crippen molar-refractivity contribution in [2.75, 3.05) is 13.1 Å². The van der Waals surface area contributed by atoms with Gasteiger partial charge in [-0.2, -0.15) is 4.31 Å². The smallest absolute Gasteiger partial charge is 0.244 e. The van der Waals surface area contributed by atoms with Gasteiger partial charge in [-0.1, -0.05) is 6.07 Å². The Morgan fingerprint density at radius 3 is 2.50 bits per heavy atom. The van der Waals surface area contributed by atoms with Gasteiger partial charge in [-0.15, -0.1) is 0 Å². The van der Waals surface area contributed by atoms with Crippen LogP contribution in [0.1, 0.15) is 18.4 Å². The molecule has 2 heterocycles. The minimum Gasteiger partial charge on any atom is -0.372 e. The van der Waals surface area contributed by atoms with E-state index in [1.54, 1.807) is 22.5 Å². The summed E-state index contributed by atoms with van der Waals surface area (Å²) in [5, 5.41) is 0. The molecular weight excluding hydrogens is 344 g/mol. The van der Waals surface area contributed by atoms with Crippen LogP contribution in [-0.4, -0.2) is 38.0 Å². The van der Waals surface area contributed by atoms with Crippen LogP contribution in [-0.2, 0) is 21.3 Å². The molecule has 7 heteroatoms. The molecule has 0 amide bonds. The molecule has 5 nitrogen and oxygen atoms in total. The summed E-state index contributed by atoms with van der Waals surface area (Å²) >= 11 is 3.34. The van der Waals surface area contributed by atoms with Crippen LogP contribution in [0.15, 0.2) is 27.6 Å². The standard InChI is InChI=1S/C13H17BrN2O3S/c14-12-5-9(6-15)1-4-13(12)20(17,18)16-7-10-2-3-11(8-16)19-10/h1,4-5,10-11H,2-3,6-8,15H2. The number of ether oxygens (including phenoxy) is 1. The van der Waals surface area contributed by atoms with Crippen LogP contribution in [0.3, 0.4) is 0 Å². The van der Waals surface area contributed by atoms with Crippen molar-refractivity contribution >= 4 is 26.0 Å². The Morgan fingerprint density at radius 1 is 1.30 bits per heavy atom. The third kappa shape index (κ3) is 2.53. The van der Waals surface area contributed by atoms with Gasteiger partial charge in [0, 0.05) is 24.1 Å². The molecule has 0 spiro atoms. The van der Waals surface area contributed by atoms with Crippen molar-refractivity contribution in [3.63, 3.8) is 0 Å². The lowest BCUT2D eigenvalue weighted by molar-refractivity contribution is -0.0114. The number of nitrogens with zero attached hydrogens (tertiary/aromatic N) is 1. The molecule has 110 valence electrons. The van der Waals surface area contributed by atoms with Crippen LogP contribution in [0.4, 0.5) is 0 Å². The first-order valence-corrected chi connectivity index (χ1v) is 8.88. The first-order valence-electron chi connectivity index (χ1n) is 6.65. The Kier molecular flexibility index (Phi) is 3.89. The molecule has 2 saturated heterocycles. The Hall–Kier alpha value is -0.470. The van der Waals surface area contributed by atoms with Crippen LogP contribution in [0.5, 0.6) is 0 Å². The molecular formula is C13H17BrN2O3S. The molecule has 1 aromatic carbocycles. The highest BCUT2D eigenvalue weighted by Crippen LogP contribution is 2.32. The largest absolute Gasteiger partial charge is 0.372 e. The number of nitrogens with two attached hydrogens (primary N) is 1. The summed E-state index contributed by atoms with van der Waals surface area (Å²) in [6.45, 7) is 1.29. The van der Waals surface area contributed by atoms with Crippen LogP contribution in [0, 0.1) is 0 Å². The molecule has 3 rings (SSSR count). The van der Waals surface area contributed by atoms with Gasteiger partial charge in [0.05, 0.1) is 17.1 Å². The van der Waals surface area contributed by atoms with Crippen molar-refractivity contribution < 1.29 is 13.2 Å². The normalized spacial score (nSPS) is 26.9. The number of benzene rings is 1. The maximum absolute atomic E-state index is 12.7. The average Bonchev–Trinajstić information content (AvgIpc) is 2.76. The second-order valence-electron chi connectivity index (χ2n) is 5.25. The Labute approximate surface area is 127 Å². The van der Waals surface area contributed by atoms with E-state index in [1.165, 1.54) is 0 Å². The zero-order chi connectivity index (χ0) is 14.3. The van der Waals surface area contributed by atoms with Crippen LogP contribution in [0.25, 0.3) is 0 Å². The fourth-order valence-electron chi connectivity index (χ4n) is 2.79. The van der Waals surface area contributed by atoms with E-state index < -0.39 is 10.0 Å². The van der Waals surface area contributed by atoms with Crippen molar-refractivity contribution in [3.8, 4) is 0 Å². The average molecular weight is 361 g/mol. The lowest BCUT2D eigenvalue weighted by Crippen LogP contribution is -2.45. The molecule has 20 heavy (non-hydrogen) atoms. The van der Waals surface area contributed by atoms with Gasteiger partial charge < -0.3 is 10.5 Å². The fraction of sp³-hybridized carbons (Fsp3) is 0.538. The number of rotatable bonds is 3. The second kappa shape index (κ2) is 5.38. The van der Waals surface area contributed by atoms with E-state index in [1.807, 2.05) is 0 Å². The van der Waals surface area contributed by atoms with E-state index >= 15 is 0 Å². The van der Waals surface area contributed by atoms with Gasteiger partial charge in [0.1, 0.15) is 0 Å². The Morgan fingerprint density at radius 2 is 1.95 bits per heavy atom. The SMILES string of the molecule is NCc1ccc(S(=O)(=O)N2CC3CCC(C2)O3)c(Br)c1. The summed E-state index contributed by atoms with van der Waals surface area (Å²) in [5.41, 5.74) is 6.47. The highest BCUT2D eigenvalue weighted by Gasteiger charge is 2.39. The van der Waals surface area contributed by atoms with Crippen molar-refractivity contribution in [2.24, 2.45) is 5.73 Å². The molecule has 2 unspecified atom stereocenters. The lowest BCUT2D eigenvalue weighted by Gasteiger charge is -2.31. The topological polar surface area (TPSA) is 72.6 Å². The predicted octanol–water partition coefficient (Wildman–Crippen LogP) is 1.46. The molecule has 2 aliphatic rings. The van der Waals surface area contributed by atoms with Gasteiger partial charge in [0.25, 0.3) is 0 Å². The maximum Gasteiger partial charge on any atom is 0.244 e. The van der Waals surface area contributed by atoms with Gasteiger partial charge in [-0.3, -0.25) is 0 Å². The monoisotopic (exact) mass is 360 g/mol. The predicted molar refractivity (Wildman–Crippen MR) is 78.7 cm³/mol. The van der Waals surface area contributed by atoms with Gasteiger partial charge in [0.2, 0.25) is 10.0 Å². The summed E-state index contributed by atoms with van der Waals surface area (Å²) in [4.78, 5) is 0.302. The molecule has 2 fully saturated rings. The van der Waals surface area contributed by atoms with E-state index in [9.17, 15) is 8.42 Å². The summed E-state index contributed by atoms with van der Waals surface area (Å²) < 4.78 is 33.3. The third-order valence-electron chi connectivity index (χ3n) is 3.86. The van der Waals surface area contributed by atoms with Crippen molar-refractivity contribution in [2.45, 2.75) is 36.5 Å². The first-order chi connectivity index (χ1) is 9.50. The zero-order valence-corrected chi connectivity index (χ0v) is 13.4. The molecule has 2 bridgehead atoms. The van der Waals surface area contributed by atoms with Gasteiger partial charge in [-0.25, -0.2) is 8.42 Å². The van der Waals surface area contributed by atoms with E-state index in [0.29, 0.717) is 29.0 Å². The summed E-state index contributed by atoms with van der Waals surface area (Å²) in [6, 6.07) is 5.15. The zero-order valence-electron chi connectivity index (χ0n) is 11.0. The van der Waals surface area contributed by atoms with Crippen LogP contribution < -0.4 is 5.73 Å². The number of hydrogen-bond acceptors (Lipinski definition) is 4. The van der Waals surface area contributed by atoms with E-state index in [4.69, 9.17) is 10.5 Å². The highest BCUT2D eigenvalue weighted by molar-refractivity contribution is 9.10. The van der Waals surface area contributed by atoms with Crippen LogP contribution in [0.2, 0.25) is 0 Å². The van der Waals surface area contributed by atoms with Gasteiger partial charge >= 0.3 is 0 Å². The molecule has 2 N–H and O–H groups in total. The summed E-state index contributed by atoms with van der Waals surface area (Å²) in [5.74, 6) is 0. The Balaban J connectivity index is 1.92. The molecule has 0 aromatic heterocycles. The molecule has 2 atom stereocenters. The lowest BCUT2D eigenvalue weighted by atomic mass is 10.2. The van der Waals surface area contributed by atoms with Crippen molar-refractivity contribution in [3.05, 3.63) is 28.2 Å². The molecule has 0 saturated carbocycles. The number of sulfonamides is 1. The van der Waals surface area contributed by atoms with Gasteiger partial charge in [-0.05, 0) is 46.5 Å².